The summed E-state index contributed by atoms with van der Waals surface area (Å²) >= 11 is 0. The molecule has 8 heteroatoms. The van der Waals surface area contributed by atoms with Crippen molar-refractivity contribution in [3.8, 4) is 0 Å². The first-order chi connectivity index (χ1) is 9.98. The Morgan fingerprint density at radius 1 is 1.38 bits per heavy atom. The van der Waals surface area contributed by atoms with E-state index in [1.54, 1.807) is 7.05 Å². The summed E-state index contributed by atoms with van der Waals surface area (Å²) in [6.45, 7) is 1.12. The van der Waals surface area contributed by atoms with Crippen LogP contribution >= 0.6 is 0 Å². The quantitative estimate of drug-likeness (QED) is 0.645. The van der Waals surface area contributed by atoms with Crippen LogP contribution in [-0.4, -0.2) is 66.8 Å². The molecule has 2 aliphatic heterocycles. The number of rotatable bonds is 3. The third-order valence-electron chi connectivity index (χ3n) is 4.10. The lowest BCUT2D eigenvalue weighted by Crippen LogP contribution is -2.60. The van der Waals surface area contributed by atoms with Gasteiger partial charge in [0.05, 0.1) is 12.5 Å². The van der Waals surface area contributed by atoms with Gasteiger partial charge in [-0.2, -0.15) is 0 Å². The Bertz CT molecular complexity index is 434. The molecular weight excluding hydrogens is 278 g/mol. The van der Waals surface area contributed by atoms with Crippen LogP contribution in [-0.2, 0) is 14.3 Å². The van der Waals surface area contributed by atoms with Gasteiger partial charge in [0.15, 0.2) is 5.54 Å². The van der Waals surface area contributed by atoms with E-state index in [2.05, 4.69) is 10.6 Å². The molecule has 21 heavy (non-hydrogen) atoms. The van der Waals surface area contributed by atoms with Gasteiger partial charge in [-0.05, 0) is 12.8 Å². The maximum absolute atomic E-state index is 12.3. The van der Waals surface area contributed by atoms with E-state index in [1.807, 2.05) is 0 Å². The highest BCUT2D eigenvalue weighted by Crippen LogP contribution is 2.21. The van der Waals surface area contributed by atoms with Crippen LogP contribution in [0.5, 0.6) is 0 Å². The number of hydrogen-bond donors (Lipinski definition) is 3. The predicted octanol–water partition coefficient (Wildman–Crippen LogP) is -0.602. The normalized spacial score (nSPS) is 29.0. The van der Waals surface area contributed by atoms with E-state index < -0.39 is 17.5 Å². The fourth-order valence-corrected chi connectivity index (χ4v) is 2.75. The Morgan fingerprint density at radius 2 is 2.14 bits per heavy atom. The Kier molecular flexibility index (Phi) is 4.66. The van der Waals surface area contributed by atoms with Crippen molar-refractivity contribution in [2.24, 2.45) is 5.92 Å². The number of piperidine rings is 1. The zero-order valence-corrected chi connectivity index (χ0v) is 12.1. The molecule has 0 spiro atoms. The zero-order chi connectivity index (χ0) is 15.5. The first kappa shape index (κ1) is 15.6. The lowest BCUT2D eigenvalue weighted by molar-refractivity contribution is -0.144. The van der Waals surface area contributed by atoms with Crippen molar-refractivity contribution in [3.05, 3.63) is 0 Å². The molecule has 2 atom stereocenters. The standard InChI is InChI=1S/C13H21N3O5/c1-14-10(17)9-3-2-5-16(7-9)12(20)15-13(11(18)19)4-6-21-8-13/h9H,2-8H2,1H3,(H,14,17)(H,15,20)(H,18,19). The first-order valence-electron chi connectivity index (χ1n) is 7.08. The van der Waals surface area contributed by atoms with Crippen molar-refractivity contribution >= 4 is 17.9 Å². The van der Waals surface area contributed by atoms with Gasteiger partial charge >= 0.3 is 12.0 Å². The van der Waals surface area contributed by atoms with Gasteiger partial charge in [0.2, 0.25) is 5.91 Å². The summed E-state index contributed by atoms with van der Waals surface area (Å²) in [6, 6.07) is -0.448. The van der Waals surface area contributed by atoms with Crippen LogP contribution in [0.3, 0.4) is 0 Å². The summed E-state index contributed by atoms with van der Waals surface area (Å²) in [5.74, 6) is -1.42. The van der Waals surface area contributed by atoms with Gasteiger partial charge in [0.1, 0.15) is 0 Å². The van der Waals surface area contributed by atoms with Gasteiger partial charge in [-0.3, -0.25) is 4.79 Å². The minimum Gasteiger partial charge on any atom is -0.479 e. The third-order valence-corrected chi connectivity index (χ3v) is 4.10. The molecule has 0 aromatic rings. The molecule has 2 aliphatic rings. The number of carbonyl (C=O) groups is 3. The molecule has 0 aromatic heterocycles. The minimum atomic E-state index is -1.35. The van der Waals surface area contributed by atoms with Crippen LogP contribution in [0, 0.1) is 5.92 Å². The highest BCUT2D eigenvalue weighted by atomic mass is 16.5. The van der Waals surface area contributed by atoms with Crippen LogP contribution in [0.4, 0.5) is 4.79 Å². The molecule has 2 rings (SSSR count). The van der Waals surface area contributed by atoms with Crippen molar-refractivity contribution in [1.82, 2.24) is 15.5 Å². The van der Waals surface area contributed by atoms with Crippen molar-refractivity contribution in [2.45, 2.75) is 24.8 Å². The molecule has 2 fully saturated rings. The number of ether oxygens (including phenoxy) is 1. The number of likely N-dealkylation sites (tertiary alicyclic amines) is 1. The molecule has 2 saturated heterocycles. The van der Waals surface area contributed by atoms with Gasteiger partial charge in [-0.1, -0.05) is 0 Å². The van der Waals surface area contributed by atoms with Gasteiger partial charge in [0.25, 0.3) is 0 Å². The summed E-state index contributed by atoms with van der Waals surface area (Å²) in [5.41, 5.74) is -1.35. The molecule has 0 aromatic carbocycles. The Hall–Kier alpha value is -1.83. The summed E-state index contributed by atoms with van der Waals surface area (Å²) < 4.78 is 5.11. The second-order valence-electron chi connectivity index (χ2n) is 5.52. The number of nitrogens with one attached hydrogen (secondary N) is 2. The number of hydrogen-bond acceptors (Lipinski definition) is 4. The molecule has 2 heterocycles. The van der Waals surface area contributed by atoms with Crippen molar-refractivity contribution in [2.75, 3.05) is 33.4 Å². The molecule has 2 unspecified atom stereocenters. The predicted molar refractivity (Wildman–Crippen MR) is 72.7 cm³/mol. The van der Waals surface area contributed by atoms with Crippen LogP contribution < -0.4 is 10.6 Å². The fourth-order valence-electron chi connectivity index (χ4n) is 2.75. The number of nitrogens with zero attached hydrogens (tertiary/aromatic N) is 1. The lowest BCUT2D eigenvalue weighted by atomic mass is 9.96. The zero-order valence-electron chi connectivity index (χ0n) is 12.1. The largest absolute Gasteiger partial charge is 0.479 e. The highest BCUT2D eigenvalue weighted by molar-refractivity contribution is 5.87. The van der Waals surface area contributed by atoms with E-state index in [4.69, 9.17) is 4.74 Å². The average Bonchev–Trinajstić information content (AvgIpc) is 2.96. The number of urea groups is 1. The molecule has 0 bridgehead atoms. The van der Waals surface area contributed by atoms with Crippen molar-refractivity contribution < 1.29 is 24.2 Å². The Labute approximate surface area is 122 Å². The summed E-state index contributed by atoms with van der Waals surface area (Å²) in [5, 5.41) is 14.5. The third kappa shape index (κ3) is 3.26. The molecule has 3 N–H and O–H groups in total. The topological polar surface area (TPSA) is 108 Å². The molecule has 118 valence electrons. The average molecular weight is 299 g/mol. The van der Waals surface area contributed by atoms with Gasteiger partial charge in [0, 0.05) is 33.2 Å². The number of carbonyl (C=O) groups excluding carboxylic acids is 2. The van der Waals surface area contributed by atoms with E-state index in [-0.39, 0.29) is 24.9 Å². The summed E-state index contributed by atoms with van der Waals surface area (Å²) in [6.07, 6.45) is 1.71. The van der Waals surface area contributed by atoms with Crippen molar-refractivity contribution in [3.63, 3.8) is 0 Å². The van der Waals surface area contributed by atoms with Crippen LogP contribution in [0.1, 0.15) is 19.3 Å². The first-order valence-corrected chi connectivity index (χ1v) is 7.08. The molecule has 3 amide bonds. The Morgan fingerprint density at radius 3 is 2.71 bits per heavy atom. The van der Waals surface area contributed by atoms with E-state index in [9.17, 15) is 19.5 Å². The van der Waals surface area contributed by atoms with Crippen LogP contribution in [0.2, 0.25) is 0 Å². The second kappa shape index (κ2) is 6.30. The lowest BCUT2D eigenvalue weighted by Gasteiger charge is -2.34. The maximum Gasteiger partial charge on any atom is 0.332 e. The molecule has 0 radical (unpaired) electrons. The van der Waals surface area contributed by atoms with Crippen LogP contribution in [0.15, 0.2) is 0 Å². The monoisotopic (exact) mass is 299 g/mol. The number of carboxylic acid groups (broad SMARTS) is 1. The van der Waals surface area contributed by atoms with Gasteiger partial charge in [-0.15, -0.1) is 0 Å². The number of carboxylic acids is 1. The summed E-state index contributed by atoms with van der Waals surface area (Å²) in [4.78, 5) is 36.8. The van der Waals surface area contributed by atoms with Gasteiger partial charge < -0.3 is 25.4 Å². The van der Waals surface area contributed by atoms with Gasteiger partial charge in [-0.25, -0.2) is 9.59 Å². The highest BCUT2D eigenvalue weighted by Gasteiger charge is 2.45. The maximum atomic E-state index is 12.3. The molecule has 0 aliphatic carbocycles. The SMILES string of the molecule is CNC(=O)C1CCCN(C(=O)NC2(C(=O)O)CCOC2)C1. The van der Waals surface area contributed by atoms with Crippen molar-refractivity contribution in [1.29, 1.82) is 0 Å². The Balaban J connectivity index is 1.99. The fraction of sp³-hybridized carbons (Fsp3) is 0.769. The summed E-state index contributed by atoms with van der Waals surface area (Å²) in [7, 11) is 1.57. The van der Waals surface area contributed by atoms with E-state index in [0.717, 1.165) is 12.8 Å². The second-order valence-corrected chi connectivity index (χ2v) is 5.52. The van der Waals surface area contributed by atoms with E-state index in [1.165, 1.54) is 4.90 Å². The number of aliphatic carboxylic acids is 1. The van der Waals surface area contributed by atoms with E-state index in [0.29, 0.717) is 19.7 Å². The molecule has 0 saturated carbocycles. The van der Waals surface area contributed by atoms with E-state index >= 15 is 0 Å². The smallest absolute Gasteiger partial charge is 0.332 e. The van der Waals surface area contributed by atoms with Crippen LogP contribution in [0.25, 0.3) is 0 Å². The molecule has 8 nitrogen and oxygen atoms in total. The molecular formula is C13H21N3O5. The minimum absolute atomic E-state index is 0.0270. The number of amides is 3.